The number of benzene rings is 2. The molecule has 0 unspecified atom stereocenters. The highest BCUT2D eigenvalue weighted by atomic mass is 19.1. The number of halogens is 1. The number of urea groups is 1. The topological polar surface area (TPSA) is 41.1 Å². The molecule has 0 spiro atoms. The first-order valence-corrected chi connectivity index (χ1v) is 7.87. The molecule has 0 atom stereocenters. The molecule has 0 bridgehead atoms. The highest BCUT2D eigenvalue weighted by Crippen LogP contribution is 2.47. The number of carbonyl (C=O) groups excluding carboxylic acids is 1. The third kappa shape index (κ3) is 3.36. The fourth-order valence-electron chi connectivity index (χ4n) is 2.94. The minimum absolute atomic E-state index is 0.0359. The van der Waals surface area contributed by atoms with Crippen LogP contribution in [0.15, 0.2) is 42.5 Å². The van der Waals surface area contributed by atoms with Gasteiger partial charge in [-0.3, -0.25) is 0 Å². The van der Waals surface area contributed by atoms with E-state index in [0.29, 0.717) is 6.54 Å². The largest absolute Gasteiger partial charge is 0.337 e. The molecule has 0 aromatic heterocycles. The molecule has 1 aliphatic carbocycles. The zero-order valence-corrected chi connectivity index (χ0v) is 13.4. The lowest BCUT2D eigenvalue weighted by atomic mass is 9.96. The van der Waals surface area contributed by atoms with Crippen LogP contribution in [-0.4, -0.2) is 12.6 Å². The fourth-order valence-corrected chi connectivity index (χ4v) is 2.94. The summed E-state index contributed by atoms with van der Waals surface area (Å²) < 4.78 is 13.0. The van der Waals surface area contributed by atoms with Crippen molar-refractivity contribution in [1.82, 2.24) is 5.32 Å². The van der Waals surface area contributed by atoms with Gasteiger partial charge >= 0.3 is 6.03 Å². The van der Waals surface area contributed by atoms with Gasteiger partial charge in [0.25, 0.3) is 0 Å². The summed E-state index contributed by atoms with van der Waals surface area (Å²) in [5.74, 6) is -0.231. The van der Waals surface area contributed by atoms with E-state index in [4.69, 9.17) is 0 Å². The number of hydrogen-bond donors (Lipinski definition) is 2. The summed E-state index contributed by atoms with van der Waals surface area (Å²) in [6.45, 7) is 4.52. The second-order valence-electron chi connectivity index (χ2n) is 6.36. The predicted octanol–water partition coefficient (Wildman–Crippen LogP) is 4.30. The van der Waals surface area contributed by atoms with E-state index in [-0.39, 0.29) is 17.3 Å². The number of carbonyl (C=O) groups is 1. The Balaban J connectivity index is 1.62. The molecule has 0 radical (unpaired) electrons. The monoisotopic (exact) mass is 312 g/mol. The second kappa shape index (κ2) is 6.03. The van der Waals surface area contributed by atoms with Gasteiger partial charge in [-0.15, -0.1) is 0 Å². The van der Waals surface area contributed by atoms with Crippen LogP contribution in [0.4, 0.5) is 14.9 Å². The van der Waals surface area contributed by atoms with E-state index in [1.54, 1.807) is 0 Å². The summed E-state index contributed by atoms with van der Waals surface area (Å²) in [7, 11) is 0. The van der Waals surface area contributed by atoms with Gasteiger partial charge in [0.05, 0.1) is 0 Å². The Morgan fingerprint density at radius 2 is 1.70 bits per heavy atom. The highest BCUT2D eigenvalue weighted by molar-refractivity contribution is 5.91. The molecule has 23 heavy (non-hydrogen) atoms. The first kappa shape index (κ1) is 15.5. The van der Waals surface area contributed by atoms with Crippen molar-refractivity contribution < 1.29 is 9.18 Å². The normalized spacial score (nSPS) is 15.1. The molecule has 1 aliphatic rings. The first-order chi connectivity index (χ1) is 11.0. The van der Waals surface area contributed by atoms with E-state index in [1.807, 2.05) is 44.2 Å². The van der Waals surface area contributed by atoms with Crippen LogP contribution in [0, 0.1) is 19.7 Å². The molecule has 120 valence electrons. The average molecular weight is 312 g/mol. The van der Waals surface area contributed by atoms with E-state index in [2.05, 4.69) is 10.6 Å². The SMILES string of the molecule is Cc1cccc(C)c1NC(=O)NCC1(c2ccc(F)cc2)CC1. The van der Waals surface area contributed by atoms with Gasteiger partial charge in [0.1, 0.15) is 5.82 Å². The molecule has 1 saturated carbocycles. The Morgan fingerprint density at radius 1 is 1.09 bits per heavy atom. The van der Waals surface area contributed by atoms with Crippen molar-refractivity contribution in [1.29, 1.82) is 0 Å². The van der Waals surface area contributed by atoms with Gasteiger partial charge in [-0.1, -0.05) is 30.3 Å². The van der Waals surface area contributed by atoms with Gasteiger partial charge < -0.3 is 10.6 Å². The minimum atomic E-state index is -0.231. The molecule has 2 aromatic rings. The number of anilines is 1. The van der Waals surface area contributed by atoms with Crippen LogP contribution in [-0.2, 0) is 5.41 Å². The van der Waals surface area contributed by atoms with Gasteiger partial charge in [0.15, 0.2) is 0 Å². The molecule has 2 N–H and O–H groups in total. The molecule has 2 aromatic carbocycles. The molecule has 0 heterocycles. The van der Waals surface area contributed by atoms with Gasteiger partial charge in [-0.25, -0.2) is 9.18 Å². The smallest absolute Gasteiger partial charge is 0.319 e. The zero-order chi connectivity index (χ0) is 16.4. The standard InChI is InChI=1S/C19H21FN2O/c1-13-4-3-5-14(2)17(13)22-18(23)21-12-19(10-11-19)15-6-8-16(20)9-7-15/h3-9H,10-12H2,1-2H3,(H2,21,22,23). The average Bonchev–Trinajstić information content (AvgIpc) is 3.31. The molecular weight excluding hydrogens is 291 g/mol. The van der Waals surface area contributed by atoms with Crippen LogP contribution < -0.4 is 10.6 Å². The zero-order valence-electron chi connectivity index (χ0n) is 13.4. The maximum absolute atomic E-state index is 13.0. The number of para-hydroxylation sites is 1. The Morgan fingerprint density at radius 3 is 2.26 bits per heavy atom. The number of aryl methyl sites for hydroxylation is 2. The van der Waals surface area contributed by atoms with Crippen molar-refractivity contribution in [3.63, 3.8) is 0 Å². The Hall–Kier alpha value is -2.36. The lowest BCUT2D eigenvalue weighted by molar-refractivity contribution is 0.251. The Kier molecular flexibility index (Phi) is 4.07. The second-order valence-corrected chi connectivity index (χ2v) is 6.36. The lowest BCUT2D eigenvalue weighted by Gasteiger charge is -2.18. The van der Waals surface area contributed by atoms with Crippen LogP contribution in [0.2, 0.25) is 0 Å². The molecule has 3 rings (SSSR count). The summed E-state index contributed by atoms with van der Waals surface area (Å²) in [6, 6.07) is 12.3. The number of rotatable bonds is 4. The van der Waals surface area contributed by atoms with Crippen LogP contribution in [0.5, 0.6) is 0 Å². The van der Waals surface area contributed by atoms with Crippen LogP contribution in [0.25, 0.3) is 0 Å². The maximum Gasteiger partial charge on any atom is 0.319 e. The highest BCUT2D eigenvalue weighted by Gasteiger charge is 2.44. The fraction of sp³-hybridized carbons (Fsp3) is 0.316. The van der Waals surface area contributed by atoms with E-state index in [9.17, 15) is 9.18 Å². The minimum Gasteiger partial charge on any atom is -0.337 e. The maximum atomic E-state index is 13.0. The summed E-state index contributed by atoms with van der Waals surface area (Å²) in [5, 5.41) is 5.89. The molecule has 0 aliphatic heterocycles. The third-order valence-electron chi connectivity index (χ3n) is 4.62. The molecule has 0 saturated heterocycles. The van der Waals surface area contributed by atoms with Crippen molar-refractivity contribution in [3.05, 3.63) is 65.0 Å². The summed E-state index contributed by atoms with van der Waals surface area (Å²) in [4.78, 5) is 12.2. The van der Waals surface area contributed by atoms with E-state index in [0.717, 1.165) is 35.2 Å². The van der Waals surface area contributed by atoms with Gasteiger partial charge in [-0.05, 0) is 55.5 Å². The van der Waals surface area contributed by atoms with Crippen molar-refractivity contribution in [2.24, 2.45) is 0 Å². The molecule has 1 fully saturated rings. The summed E-state index contributed by atoms with van der Waals surface area (Å²) in [6.07, 6.45) is 2.03. The molecule has 2 amide bonds. The van der Waals surface area contributed by atoms with Crippen LogP contribution in [0.1, 0.15) is 29.5 Å². The van der Waals surface area contributed by atoms with E-state index < -0.39 is 0 Å². The van der Waals surface area contributed by atoms with Crippen LogP contribution in [0.3, 0.4) is 0 Å². The van der Waals surface area contributed by atoms with E-state index >= 15 is 0 Å². The third-order valence-corrected chi connectivity index (χ3v) is 4.62. The lowest BCUT2D eigenvalue weighted by Crippen LogP contribution is -2.35. The molecule has 4 heteroatoms. The van der Waals surface area contributed by atoms with Crippen molar-refractivity contribution in [2.75, 3.05) is 11.9 Å². The number of nitrogens with one attached hydrogen (secondary N) is 2. The Labute approximate surface area is 135 Å². The number of amides is 2. The summed E-state index contributed by atoms with van der Waals surface area (Å²) in [5.41, 5.74) is 3.99. The van der Waals surface area contributed by atoms with Gasteiger partial charge in [0.2, 0.25) is 0 Å². The quantitative estimate of drug-likeness (QED) is 0.868. The molecule has 3 nitrogen and oxygen atoms in total. The van der Waals surface area contributed by atoms with Gasteiger partial charge in [0, 0.05) is 17.6 Å². The predicted molar refractivity (Wildman–Crippen MR) is 90.2 cm³/mol. The number of hydrogen-bond acceptors (Lipinski definition) is 1. The van der Waals surface area contributed by atoms with Crippen molar-refractivity contribution in [2.45, 2.75) is 32.1 Å². The summed E-state index contributed by atoms with van der Waals surface area (Å²) >= 11 is 0. The first-order valence-electron chi connectivity index (χ1n) is 7.87. The molecular formula is C19H21FN2O. The van der Waals surface area contributed by atoms with Crippen molar-refractivity contribution in [3.8, 4) is 0 Å². The van der Waals surface area contributed by atoms with Crippen molar-refractivity contribution >= 4 is 11.7 Å². The van der Waals surface area contributed by atoms with E-state index in [1.165, 1.54) is 12.1 Å². The van der Waals surface area contributed by atoms with Gasteiger partial charge in [-0.2, -0.15) is 0 Å². The Bertz CT molecular complexity index is 700. The van der Waals surface area contributed by atoms with Crippen LogP contribution >= 0.6 is 0 Å².